The van der Waals surface area contributed by atoms with Gasteiger partial charge in [0.15, 0.2) is 0 Å². The molecule has 2 aliphatic rings. The van der Waals surface area contributed by atoms with Gasteiger partial charge in [-0.05, 0) is 193 Å². The number of aliphatic carboxylic acids is 1. The van der Waals surface area contributed by atoms with Gasteiger partial charge in [-0.1, -0.05) is 58.1 Å². The quantitative estimate of drug-likeness (QED) is 0.123. The maximum atomic E-state index is 12.4. The lowest BCUT2D eigenvalue weighted by Crippen LogP contribution is -2.36. The van der Waals surface area contributed by atoms with E-state index in [-0.39, 0.29) is 11.8 Å². The highest BCUT2D eigenvalue weighted by atomic mass is 127. The van der Waals surface area contributed by atoms with Gasteiger partial charge in [-0.15, -0.1) is 0 Å². The first-order valence-corrected chi connectivity index (χ1v) is 22.5. The molecule has 2 aromatic carbocycles. The van der Waals surface area contributed by atoms with E-state index >= 15 is 0 Å². The zero-order valence-corrected chi connectivity index (χ0v) is 40.9. The summed E-state index contributed by atoms with van der Waals surface area (Å²) >= 11 is 14.5. The van der Waals surface area contributed by atoms with Crippen LogP contribution in [0.15, 0.2) is 65.4 Å². The summed E-state index contributed by atoms with van der Waals surface area (Å²) in [4.78, 5) is 22.3. The van der Waals surface area contributed by atoms with E-state index in [1.165, 1.54) is 23.4 Å². The Kier molecular flexibility index (Phi) is 15.3. The predicted molar refractivity (Wildman–Crippen MR) is 253 cm³/mol. The first kappa shape index (κ1) is 41.4. The highest BCUT2D eigenvalue weighted by molar-refractivity contribution is 14.1. The normalized spacial score (nSPS) is 20.1. The molecule has 0 radical (unpaired) electrons. The van der Waals surface area contributed by atoms with Crippen LogP contribution in [0.5, 0.6) is 0 Å². The van der Waals surface area contributed by atoms with Crippen molar-refractivity contribution >= 4 is 159 Å². The molecule has 0 fully saturated rings. The number of rotatable bonds is 13. The van der Waals surface area contributed by atoms with Crippen molar-refractivity contribution in [3.05, 3.63) is 92.9 Å². The first-order chi connectivity index (χ1) is 22.6. The summed E-state index contributed by atoms with van der Waals surface area (Å²) in [7, 11) is 0. The van der Waals surface area contributed by atoms with Crippen LogP contribution >= 0.6 is 136 Å². The molecule has 0 saturated heterocycles. The van der Waals surface area contributed by atoms with Crippen LogP contribution in [0.2, 0.25) is 0 Å². The van der Waals surface area contributed by atoms with Crippen molar-refractivity contribution in [1.82, 2.24) is 4.90 Å². The number of allylic oxidation sites excluding steroid dienone is 8. The predicted octanol–water partition coefficient (Wildman–Crippen LogP) is 12.0. The summed E-state index contributed by atoms with van der Waals surface area (Å²) in [6, 6.07) is 4.97. The van der Waals surface area contributed by atoms with Gasteiger partial charge in [0.2, 0.25) is 0 Å². The second-order valence-corrected chi connectivity index (χ2v) is 19.5. The number of carbonyl (C=O) groups is 1. The molecule has 2 aliphatic heterocycles. The van der Waals surface area contributed by atoms with Gasteiger partial charge in [-0.2, -0.15) is 0 Å². The Morgan fingerprint density at radius 1 is 0.917 bits per heavy atom. The fourth-order valence-corrected chi connectivity index (χ4v) is 12.1. The van der Waals surface area contributed by atoms with Gasteiger partial charge in [0.05, 0.1) is 17.8 Å². The van der Waals surface area contributed by atoms with E-state index in [9.17, 15) is 9.90 Å². The van der Waals surface area contributed by atoms with Gasteiger partial charge in [0, 0.05) is 73.9 Å². The minimum Gasteiger partial charge on any atom is -0.481 e. The maximum absolute atomic E-state index is 12.4. The van der Waals surface area contributed by atoms with Gasteiger partial charge >= 0.3 is 5.97 Å². The third-order valence-corrected chi connectivity index (χ3v) is 19.6. The van der Waals surface area contributed by atoms with Gasteiger partial charge in [-0.3, -0.25) is 9.79 Å². The van der Waals surface area contributed by atoms with E-state index in [4.69, 9.17) is 4.99 Å². The first-order valence-electron chi connectivity index (χ1n) is 16.0. The molecule has 0 saturated carbocycles. The Hall–Kier alpha value is 0.680. The molecule has 258 valence electrons. The average Bonchev–Trinajstić information content (AvgIpc) is 3.40. The fourth-order valence-electron chi connectivity index (χ4n) is 6.65. The van der Waals surface area contributed by atoms with Crippen molar-refractivity contribution in [1.29, 1.82) is 0 Å². The molecular formula is C37H41I6N3O2. The molecule has 0 bridgehead atoms. The maximum Gasteiger partial charge on any atom is 0.304 e. The van der Waals surface area contributed by atoms with E-state index in [0.717, 1.165) is 64.4 Å². The SMILES string of the molecule is CCC(C)N(CC)CCCN1\C(=C/C=C/C=C/C=C/C2=Nc3cc(I)c(I)c(I)c3C2(C)C)C(C)(CC(=O)O)c2c1cc(I)c(I)c2I. The smallest absolute Gasteiger partial charge is 0.304 e. The molecule has 0 aliphatic carbocycles. The van der Waals surface area contributed by atoms with E-state index in [1.807, 2.05) is 18.2 Å². The Morgan fingerprint density at radius 2 is 1.52 bits per heavy atom. The lowest BCUT2D eigenvalue weighted by atomic mass is 9.78. The number of carboxylic acid groups (broad SMARTS) is 1. The number of hydrogen-bond acceptors (Lipinski definition) is 4. The summed E-state index contributed by atoms with van der Waals surface area (Å²) in [5, 5.41) is 10.1. The number of carboxylic acids is 1. The Balaban J connectivity index is 1.62. The van der Waals surface area contributed by atoms with Gasteiger partial charge < -0.3 is 14.9 Å². The van der Waals surface area contributed by atoms with Gasteiger partial charge in [-0.25, -0.2) is 0 Å². The number of nitrogens with zero attached hydrogens (tertiary/aromatic N) is 3. The topological polar surface area (TPSA) is 56.1 Å². The number of anilines is 1. The van der Waals surface area contributed by atoms with Crippen LogP contribution in [0.4, 0.5) is 11.4 Å². The molecule has 0 aromatic heterocycles. The number of fused-ring (bicyclic) bond motifs is 2. The second kappa shape index (κ2) is 17.7. The van der Waals surface area contributed by atoms with Crippen LogP contribution in [0.1, 0.15) is 71.9 Å². The lowest BCUT2D eigenvalue weighted by molar-refractivity contribution is -0.138. The molecule has 0 amide bonds. The van der Waals surface area contributed by atoms with Crippen LogP contribution in [0.3, 0.4) is 0 Å². The number of hydrogen-bond donors (Lipinski definition) is 1. The number of benzene rings is 2. The molecule has 4 rings (SSSR count). The fraction of sp³-hybridized carbons (Fsp3) is 0.405. The van der Waals surface area contributed by atoms with Gasteiger partial charge in [0.1, 0.15) is 0 Å². The molecular weight excluding hydrogens is 1280 g/mol. The summed E-state index contributed by atoms with van der Waals surface area (Å²) in [6.45, 7) is 16.2. The van der Waals surface area contributed by atoms with E-state index in [2.05, 4.69) is 223 Å². The third kappa shape index (κ3) is 8.72. The summed E-state index contributed by atoms with van der Waals surface area (Å²) in [6.07, 6.45) is 16.6. The molecule has 2 unspecified atom stereocenters. The largest absolute Gasteiger partial charge is 0.481 e. The monoisotopic (exact) mass is 1320 g/mol. The summed E-state index contributed by atoms with van der Waals surface area (Å²) in [5.41, 5.74) is 5.92. The lowest BCUT2D eigenvalue weighted by Gasteiger charge is -2.31. The summed E-state index contributed by atoms with van der Waals surface area (Å²) in [5.74, 6) is -0.789. The van der Waals surface area contributed by atoms with Crippen molar-refractivity contribution in [3.63, 3.8) is 0 Å². The molecule has 2 aromatic rings. The van der Waals surface area contributed by atoms with Crippen LogP contribution in [-0.4, -0.2) is 47.4 Å². The number of aliphatic imine (C=N–C) groups is 1. The highest BCUT2D eigenvalue weighted by Crippen LogP contribution is 2.53. The zero-order chi connectivity index (χ0) is 35.6. The third-order valence-electron chi connectivity index (χ3n) is 9.39. The Morgan fingerprint density at radius 3 is 2.15 bits per heavy atom. The molecule has 5 nitrogen and oxygen atoms in total. The van der Waals surface area contributed by atoms with Crippen molar-refractivity contribution in [2.45, 2.75) is 77.7 Å². The molecule has 11 heteroatoms. The standard InChI is InChI=1S/C37H41I6N3O2/c1-7-22(3)45(8-2)17-14-18-46-26-20-24(39)33(41)35(43)31(26)37(6,21-29(47)48)28(46)16-13-11-9-10-12-15-27-36(4,5)30-25(44-27)19-23(38)32(40)34(30)42/h9-13,15-16,19-20,22H,7-8,14,17-18,21H2,1-6H3,(H,47,48)/b10-9+,13-11+,15-12+,28-16-. The minimum absolute atomic E-state index is 0.0344. The molecule has 0 spiro atoms. The van der Waals surface area contributed by atoms with Crippen molar-refractivity contribution in [2.75, 3.05) is 24.5 Å². The molecule has 2 atom stereocenters. The van der Waals surface area contributed by atoms with E-state index < -0.39 is 11.4 Å². The Bertz CT molecular complexity index is 1730. The second-order valence-electron chi connectivity index (χ2n) is 12.9. The van der Waals surface area contributed by atoms with Crippen molar-refractivity contribution < 1.29 is 9.90 Å². The van der Waals surface area contributed by atoms with Crippen LogP contribution < -0.4 is 4.90 Å². The van der Waals surface area contributed by atoms with Gasteiger partial charge in [0.25, 0.3) is 0 Å². The minimum atomic E-state index is -0.789. The Labute approximate surface area is 368 Å². The molecule has 2 heterocycles. The van der Waals surface area contributed by atoms with Crippen LogP contribution in [-0.2, 0) is 15.6 Å². The highest BCUT2D eigenvalue weighted by Gasteiger charge is 2.47. The van der Waals surface area contributed by atoms with Crippen LogP contribution in [0, 0.1) is 21.4 Å². The van der Waals surface area contributed by atoms with Crippen LogP contribution in [0.25, 0.3) is 0 Å². The molecule has 48 heavy (non-hydrogen) atoms. The van der Waals surface area contributed by atoms with E-state index in [0.29, 0.717) is 6.04 Å². The average molecular weight is 1320 g/mol. The summed E-state index contributed by atoms with van der Waals surface area (Å²) < 4.78 is 7.33. The van der Waals surface area contributed by atoms with Crippen molar-refractivity contribution in [2.24, 2.45) is 4.99 Å². The number of halogens is 6. The van der Waals surface area contributed by atoms with E-state index in [1.54, 1.807) is 0 Å². The zero-order valence-electron chi connectivity index (χ0n) is 28.0. The molecule has 1 N–H and O–H groups in total. The van der Waals surface area contributed by atoms with Crippen molar-refractivity contribution in [3.8, 4) is 0 Å².